The van der Waals surface area contributed by atoms with Crippen LogP contribution in [0.5, 0.6) is 0 Å². The molecule has 0 aromatic heterocycles. The summed E-state index contributed by atoms with van der Waals surface area (Å²) in [5.74, 6) is 0.684. The highest BCUT2D eigenvalue weighted by atomic mass is 35.5. The zero-order chi connectivity index (χ0) is 13.1. The lowest BCUT2D eigenvalue weighted by Crippen LogP contribution is -2.31. The molecule has 0 radical (unpaired) electrons. The van der Waals surface area contributed by atoms with Crippen LogP contribution in [0.1, 0.15) is 32.3 Å². The van der Waals surface area contributed by atoms with Crippen molar-refractivity contribution >= 4 is 17.3 Å². The van der Waals surface area contributed by atoms with Crippen LogP contribution in [0.4, 0.5) is 5.69 Å². The van der Waals surface area contributed by atoms with Crippen molar-refractivity contribution in [2.24, 2.45) is 5.92 Å². The van der Waals surface area contributed by atoms with E-state index in [1.807, 2.05) is 13.1 Å². The minimum atomic E-state index is 0.684. The van der Waals surface area contributed by atoms with Gasteiger partial charge in [-0.2, -0.15) is 0 Å². The Balaban J connectivity index is 2.27. The average Bonchev–Trinajstić information content (AvgIpc) is 3.11. The molecule has 1 saturated carbocycles. The number of halogens is 1. The molecule has 0 spiro atoms. The van der Waals surface area contributed by atoms with Crippen LogP contribution in [0.25, 0.3) is 0 Å². The summed E-state index contributed by atoms with van der Waals surface area (Å²) in [4.78, 5) is 2.56. The molecular formula is C15H23ClN2. The van der Waals surface area contributed by atoms with Gasteiger partial charge in [-0.05, 0) is 49.6 Å². The highest BCUT2D eigenvalue weighted by molar-refractivity contribution is 6.30. The Labute approximate surface area is 115 Å². The Kier molecular flexibility index (Phi) is 4.52. The zero-order valence-electron chi connectivity index (χ0n) is 11.5. The van der Waals surface area contributed by atoms with Crippen molar-refractivity contribution in [3.63, 3.8) is 0 Å². The Hall–Kier alpha value is -0.730. The number of benzene rings is 1. The predicted molar refractivity (Wildman–Crippen MR) is 79.4 cm³/mol. The van der Waals surface area contributed by atoms with Gasteiger partial charge in [0.05, 0.1) is 0 Å². The molecule has 1 aromatic rings. The van der Waals surface area contributed by atoms with Crippen molar-refractivity contribution in [2.75, 3.05) is 18.5 Å². The standard InChI is InChI=1S/C15H23ClN2/c1-11(2)10-18(14-5-6-14)15-7-4-13(16)8-12(15)9-17-3/h4,7-8,11,14,17H,5-6,9-10H2,1-3H3. The van der Waals surface area contributed by atoms with Gasteiger partial charge in [-0.3, -0.25) is 0 Å². The molecule has 0 heterocycles. The van der Waals surface area contributed by atoms with Crippen LogP contribution in [-0.4, -0.2) is 19.6 Å². The summed E-state index contributed by atoms with van der Waals surface area (Å²) in [6.07, 6.45) is 2.66. The fourth-order valence-corrected chi connectivity index (χ4v) is 2.58. The van der Waals surface area contributed by atoms with E-state index in [9.17, 15) is 0 Å². The van der Waals surface area contributed by atoms with E-state index in [1.165, 1.54) is 24.1 Å². The third-order valence-corrected chi connectivity index (χ3v) is 3.50. The maximum Gasteiger partial charge on any atom is 0.0415 e. The van der Waals surface area contributed by atoms with Gasteiger partial charge < -0.3 is 10.2 Å². The van der Waals surface area contributed by atoms with Gasteiger partial charge in [0, 0.05) is 29.8 Å². The lowest BCUT2D eigenvalue weighted by Gasteiger charge is -2.29. The molecule has 3 heteroatoms. The van der Waals surface area contributed by atoms with Crippen molar-refractivity contribution in [3.8, 4) is 0 Å². The molecule has 2 nitrogen and oxygen atoms in total. The predicted octanol–water partition coefficient (Wildman–Crippen LogP) is 3.68. The number of anilines is 1. The summed E-state index contributed by atoms with van der Waals surface area (Å²) in [5.41, 5.74) is 2.66. The van der Waals surface area contributed by atoms with E-state index in [-0.39, 0.29) is 0 Å². The Morgan fingerprint density at radius 1 is 1.39 bits per heavy atom. The van der Waals surface area contributed by atoms with Crippen LogP contribution in [-0.2, 0) is 6.54 Å². The molecule has 1 fully saturated rings. The molecule has 1 aromatic carbocycles. The highest BCUT2D eigenvalue weighted by Gasteiger charge is 2.30. The first kappa shape index (κ1) is 13.7. The summed E-state index contributed by atoms with van der Waals surface area (Å²) in [5, 5.41) is 4.06. The van der Waals surface area contributed by atoms with Gasteiger partial charge in [-0.1, -0.05) is 25.4 Å². The first-order valence-electron chi connectivity index (χ1n) is 6.81. The summed E-state index contributed by atoms with van der Waals surface area (Å²) < 4.78 is 0. The smallest absolute Gasteiger partial charge is 0.0415 e. The summed E-state index contributed by atoms with van der Waals surface area (Å²) in [7, 11) is 1.98. The van der Waals surface area contributed by atoms with Crippen molar-refractivity contribution < 1.29 is 0 Å². The SMILES string of the molecule is CNCc1cc(Cl)ccc1N(CC(C)C)C1CC1. The van der Waals surface area contributed by atoms with Gasteiger partial charge in [0.2, 0.25) is 0 Å². The summed E-state index contributed by atoms with van der Waals surface area (Å²) in [6, 6.07) is 7.01. The number of nitrogens with zero attached hydrogens (tertiary/aromatic N) is 1. The molecule has 0 amide bonds. The van der Waals surface area contributed by atoms with Crippen molar-refractivity contribution in [3.05, 3.63) is 28.8 Å². The Bertz CT molecular complexity index is 399. The minimum absolute atomic E-state index is 0.684. The molecular weight excluding hydrogens is 244 g/mol. The topological polar surface area (TPSA) is 15.3 Å². The van der Waals surface area contributed by atoms with E-state index in [2.05, 4.69) is 36.2 Å². The number of hydrogen-bond donors (Lipinski definition) is 1. The lowest BCUT2D eigenvalue weighted by molar-refractivity contribution is 0.604. The lowest BCUT2D eigenvalue weighted by atomic mass is 10.1. The van der Waals surface area contributed by atoms with Crippen LogP contribution in [0, 0.1) is 5.92 Å². The van der Waals surface area contributed by atoms with E-state index in [4.69, 9.17) is 11.6 Å². The van der Waals surface area contributed by atoms with E-state index >= 15 is 0 Å². The van der Waals surface area contributed by atoms with Gasteiger partial charge >= 0.3 is 0 Å². The highest BCUT2D eigenvalue weighted by Crippen LogP contribution is 2.35. The molecule has 100 valence electrons. The number of nitrogens with one attached hydrogen (secondary N) is 1. The monoisotopic (exact) mass is 266 g/mol. The average molecular weight is 267 g/mol. The normalized spacial score (nSPS) is 15.2. The van der Waals surface area contributed by atoms with E-state index in [0.29, 0.717) is 5.92 Å². The van der Waals surface area contributed by atoms with Crippen LogP contribution < -0.4 is 10.2 Å². The molecule has 0 atom stereocenters. The fourth-order valence-electron chi connectivity index (χ4n) is 2.39. The zero-order valence-corrected chi connectivity index (χ0v) is 12.3. The number of rotatable bonds is 6. The number of hydrogen-bond acceptors (Lipinski definition) is 2. The van der Waals surface area contributed by atoms with Crippen molar-refractivity contribution in [1.82, 2.24) is 5.32 Å². The second-order valence-electron chi connectivity index (χ2n) is 5.58. The Morgan fingerprint density at radius 2 is 2.11 bits per heavy atom. The van der Waals surface area contributed by atoms with Gasteiger partial charge in [-0.15, -0.1) is 0 Å². The minimum Gasteiger partial charge on any atom is -0.368 e. The molecule has 18 heavy (non-hydrogen) atoms. The van der Waals surface area contributed by atoms with E-state index < -0.39 is 0 Å². The van der Waals surface area contributed by atoms with Crippen molar-refractivity contribution in [1.29, 1.82) is 0 Å². The van der Waals surface area contributed by atoms with Crippen LogP contribution in [0.3, 0.4) is 0 Å². The maximum absolute atomic E-state index is 6.11. The van der Waals surface area contributed by atoms with Gasteiger partial charge in [-0.25, -0.2) is 0 Å². The van der Waals surface area contributed by atoms with Gasteiger partial charge in [0.15, 0.2) is 0 Å². The van der Waals surface area contributed by atoms with Crippen LogP contribution >= 0.6 is 11.6 Å². The van der Waals surface area contributed by atoms with Crippen LogP contribution in [0.2, 0.25) is 5.02 Å². The molecule has 1 N–H and O–H groups in total. The van der Waals surface area contributed by atoms with Gasteiger partial charge in [0.1, 0.15) is 0 Å². The summed E-state index contributed by atoms with van der Waals surface area (Å²) in [6.45, 7) is 6.56. The summed E-state index contributed by atoms with van der Waals surface area (Å²) >= 11 is 6.11. The first-order chi connectivity index (χ1) is 8.61. The Morgan fingerprint density at radius 3 is 2.67 bits per heavy atom. The second kappa shape index (κ2) is 5.94. The van der Waals surface area contributed by atoms with E-state index in [1.54, 1.807) is 0 Å². The van der Waals surface area contributed by atoms with Gasteiger partial charge in [0.25, 0.3) is 0 Å². The largest absolute Gasteiger partial charge is 0.368 e. The molecule has 0 unspecified atom stereocenters. The molecule has 1 aliphatic rings. The van der Waals surface area contributed by atoms with Crippen LogP contribution in [0.15, 0.2) is 18.2 Å². The fraction of sp³-hybridized carbons (Fsp3) is 0.600. The molecule has 0 aliphatic heterocycles. The third kappa shape index (κ3) is 3.39. The maximum atomic E-state index is 6.11. The molecule has 1 aliphatic carbocycles. The third-order valence-electron chi connectivity index (χ3n) is 3.27. The molecule has 0 saturated heterocycles. The molecule has 2 rings (SSSR count). The van der Waals surface area contributed by atoms with E-state index in [0.717, 1.165) is 24.2 Å². The van der Waals surface area contributed by atoms with Crippen molar-refractivity contribution in [2.45, 2.75) is 39.3 Å². The molecule has 0 bridgehead atoms. The second-order valence-corrected chi connectivity index (χ2v) is 6.02. The first-order valence-corrected chi connectivity index (χ1v) is 7.19. The quantitative estimate of drug-likeness (QED) is 0.845.